The van der Waals surface area contributed by atoms with Gasteiger partial charge in [-0.3, -0.25) is 9.48 Å². The zero-order chi connectivity index (χ0) is 15.9. The fraction of sp³-hybridized carbons (Fsp3) is 0.333. The highest BCUT2D eigenvalue weighted by Gasteiger charge is 2.13. The minimum absolute atomic E-state index is 0.0117. The maximum atomic E-state index is 12.0. The first-order valence-corrected chi connectivity index (χ1v) is 7.44. The summed E-state index contributed by atoms with van der Waals surface area (Å²) < 4.78 is 7.17. The molecule has 1 aromatic carbocycles. The summed E-state index contributed by atoms with van der Waals surface area (Å²) in [5.41, 5.74) is 3.12. The van der Waals surface area contributed by atoms with Gasteiger partial charge in [0.25, 0.3) is 0 Å². The molecule has 0 aliphatic heterocycles. The second kappa shape index (κ2) is 7.59. The van der Waals surface area contributed by atoms with Crippen LogP contribution in [0.2, 0.25) is 0 Å². The number of hydrogen-bond donors (Lipinski definition) is 0. The molecule has 0 N–H and O–H groups in total. The van der Waals surface area contributed by atoms with E-state index in [1.165, 1.54) is 0 Å². The van der Waals surface area contributed by atoms with Crippen molar-refractivity contribution in [3.05, 3.63) is 66.0 Å². The van der Waals surface area contributed by atoms with Crippen molar-refractivity contribution >= 4 is 5.97 Å². The fourth-order valence-corrected chi connectivity index (χ4v) is 2.42. The minimum Gasteiger partial charge on any atom is -0.464 e. The Morgan fingerprint density at radius 3 is 2.68 bits per heavy atom. The molecule has 0 bridgehead atoms. The molecule has 0 radical (unpaired) electrons. The third-order valence-electron chi connectivity index (χ3n) is 3.57. The van der Waals surface area contributed by atoms with Crippen molar-refractivity contribution < 1.29 is 9.53 Å². The van der Waals surface area contributed by atoms with Gasteiger partial charge in [-0.25, -0.2) is 0 Å². The van der Waals surface area contributed by atoms with E-state index in [1.807, 2.05) is 54.9 Å². The highest BCUT2D eigenvalue weighted by molar-refractivity contribution is 5.71. The van der Waals surface area contributed by atoms with Gasteiger partial charge >= 0.3 is 5.97 Å². The molecule has 2 aromatic rings. The normalized spacial score (nSPS) is 11.9. The van der Waals surface area contributed by atoms with Crippen LogP contribution in [-0.4, -0.2) is 22.4 Å². The lowest BCUT2D eigenvalue weighted by molar-refractivity contribution is -0.144. The number of allylic oxidation sites excluding steroid dienone is 1. The highest BCUT2D eigenvalue weighted by Crippen LogP contribution is 2.20. The van der Waals surface area contributed by atoms with Crippen LogP contribution >= 0.6 is 0 Å². The number of carbonyl (C=O) groups is 1. The van der Waals surface area contributed by atoms with Gasteiger partial charge in [-0.15, -0.1) is 6.58 Å². The van der Waals surface area contributed by atoms with E-state index in [0.717, 1.165) is 17.0 Å². The molecule has 1 heterocycles. The summed E-state index contributed by atoms with van der Waals surface area (Å²) in [6, 6.07) is 11.9. The van der Waals surface area contributed by atoms with Crippen LogP contribution in [-0.2, 0) is 16.1 Å². The van der Waals surface area contributed by atoms with Gasteiger partial charge in [0, 0.05) is 11.6 Å². The molecular formula is C18H22N2O2. The molecule has 0 unspecified atom stereocenters. The van der Waals surface area contributed by atoms with Gasteiger partial charge < -0.3 is 4.74 Å². The van der Waals surface area contributed by atoms with E-state index in [2.05, 4.69) is 11.7 Å². The molecule has 4 nitrogen and oxygen atoms in total. The summed E-state index contributed by atoms with van der Waals surface area (Å²) in [5.74, 6) is -0.224. The Balaban J connectivity index is 1.82. The van der Waals surface area contributed by atoms with E-state index in [0.29, 0.717) is 19.6 Å². The maximum absolute atomic E-state index is 12.0. The first-order chi connectivity index (χ1) is 10.6. The van der Waals surface area contributed by atoms with Crippen molar-refractivity contribution in [1.29, 1.82) is 0 Å². The molecule has 0 saturated carbocycles. The molecule has 2 rings (SSSR count). The summed E-state index contributed by atoms with van der Waals surface area (Å²) in [7, 11) is 0. The van der Waals surface area contributed by atoms with Crippen LogP contribution in [0.1, 0.15) is 29.3 Å². The van der Waals surface area contributed by atoms with Gasteiger partial charge in [-0.05, 0) is 25.5 Å². The Kier molecular flexibility index (Phi) is 5.53. The molecular weight excluding hydrogens is 276 g/mol. The van der Waals surface area contributed by atoms with Crippen molar-refractivity contribution in [2.45, 2.75) is 32.7 Å². The number of aryl methyl sites for hydroxylation is 2. The van der Waals surface area contributed by atoms with Crippen LogP contribution in [0.4, 0.5) is 0 Å². The summed E-state index contributed by atoms with van der Waals surface area (Å²) in [5, 5.41) is 4.34. The second-order valence-electron chi connectivity index (χ2n) is 5.33. The summed E-state index contributed by atoms with van der Waals surface area (Å²) in [4.78, 5) is 12.0. The Labute approximate surface area is 131 Å². The largest absolute Gasteiger partial charge is 0.464 e. The Morgan fingerprint density at radius 1 is 1.36 bits per heavy atom. The molecule has 0 aliphatic carbocycles. The van der Waals surface area contributed by atoms with Gasteiger partial charge in [0.2, 0.25) is 0 Å². The van der Waals surface area contributed by atoms with Gasteiger partial charge in [0.05, 0.1) is 18.7 Å². The van der Waals surface area contributed by atoms with Gasteiger partial charge in [0.1, 0.15) is 6.61 Å². The number of ether oxygens (including phenoxy) is 1. The van der Waals surface area contributed by atoms with Gasteiger partial charge in [-0.2, -0.15) is 5.10 Å². The molecule has 1 aromatic heterocycles. The molecule has 0 spiro atoms. The van der Waals surface area contributed by atoms with E-state index in [9.17, 15) is 4.79 Å². The molecule has 0 amide bonds. The molecule has 0 saturated heterocycles. The van der Waals surface area contributed by atoms with Crippen molar-refractivity contribution in [3.8, 4) is 0 Å². The molecule has 0 aliphatic rings. The SMILES string of the molecule is C=C[C@@H](CC(=O)OCCn1nc(C)cc1C)c1ccccc1. The van der Waals surface area contributed by atoms with E-state index in [1.54, 1.807) is 6.08 Å². The zero-order valence-electron chi connectivity index (χ0n) is 13.2. The van der Waals surface area contributed by atoms with E-state index < -0.39 is 0 Å². The van der Waals surface area contributed by atoms with Gasteiger partial charge in [0.15, 0.2) is 0 Å². The van der Waals surface area contributed by atoms with Crippen LogP contribution in [0, 0.1) is 13.8 Å². The number of nitrogens with zero attached hydrogens (tertiary/aromatic N) is 2. The Morgan fingerprint density at radius 2 is 2.09 bits per heavy atom. The monoisotopic (exact) mass is 298 g/mol. The summed E-state index contributed by atoms with van der Waals surface area (Å²) in [6.45, 7) is 8.66. The standard InChI is InChI=1S/C18H22N2O2/c1-4-16(17-8-6-5-7-9-17)13-18(21)22-11-10-20-15(3)12-14(2)19-20/h4-9,12,16H,1,10-11,13H2,2-3H3/t16-/m0/s1. The van der Waals surface area contributed by atoms with Crippen LogP contribution in [0.5, 0.6) is 0 Å². The summed E-state index contributed by atoms with van der Waals surface area (Å²) >= 11 is 0. The van der Waals surface area contributed by atoms with Crippen molar-refractivity contribution in [2.75, 3.05) is 6.61 Å². The van der Waals surface area contributed by atoms with Crippen molar-refractivity contribution in [1.82, 2.24) is 9.78 Å². The predicted octanol–water partition coefficient (Wildman–Crippen LogP) is 3.40. The lowest BCUT2D eigenvalue weighted by atomic mass is 9.96. The predicted molar refractivity (Wildman–Crippen MR) is 86.7 cm³/mol. The molecule has 22 heavy (non-hydrogen) atoms. The lowest BCUT2D eigenvalue weighted by Crippen LogP contribution is -2.14. The van der Waals surface area contributed by atoms with Crippen LogP contribution < -0.4 is 0 Å². The topological polar surface area (TPSA) is 44.1 Å². The third kappa shape index (κ3) is 4.32. The van der Waals surface area contributed by atoms with E-state index in [4.69, 9.17) is 4.74 Å². The van der Waals surface area contributed by atoms with E-state index >= 15 is 0 Å². The van der Waals surface area contributed by atoms with Crippen LogP contribution in [0.15, 0.2) is 49.1 Å². The number of carbonyl (C=O) groups excluding carboxylic acids is 1. The lowest BCUT2D eigenvalue weighted by Gasteiger charge is -2.12. The highest BCUT2D eigenvalue weighted by atomic mass is 16.5. The number of benzene rings is 1. The average molecular weight is 298 g/mol. The molecule has 116 valence electrons. The Bertz CT molecular complexity index is 632. The fourth-order valence-electron chi connectivity index (χ4n) is 2.42. The zero-order valence-corrected chi connectivity index (χ0v) is 13.2. The van der Waals surface area contributed by atoms with Crippen molar-refractivity contribution in [2.24, 2.45) is 0 Å². The number of aromatic nitrogens is 2. The van der Waals surface area contributed by atoms with Gasteiger partial charge in [-0.1, -0.05) is 36.4 Å². The number of hydrogen-bond acceptors (Lipinski definition) is 3. The Hall–Kier alpha value is -2.36. The van der Waals surface area contributed by atoms with Crippen molar-refractivity contribution in [3.63, 3.8) is 0 Å². The van der Waals surface area contributed by atoms with E-state index in [-0.39, 0.29) is 11.9 Å². The summed E-state index contributed by atoms with van der Waals surface area (Å²) in [6.07, 6.45) is 2.10. The number of rotatable bonds is 7. The maximum Gasteiger partial charge on any atom is 0.306 e. The quantitative estimate of drug-likeness (QED) is 0.581. The second-order valence-corrected chi connectivity index (χ2v) is 5.33. The van der Waals surface area contributed by atoms with Crippen LogP contribution in [0.25, 0.3) is 0 Å². The minimum atomic E-state index is -0.213. The first kappa shape index (κ1) is 16.0. The molecule has 0 fully saturated rings. The average Bonchev–Trinajstić information content (AvgIpc) is 2.83. The smallest absolute Gasteiger partial charge is 0.306 e. The number of esters is 1. The third-order valence-corrected chi connectivity index (χ3v) is 3.57. The molecule has 1 atom stereocenters. The van der Waals surface area contributed by atoms with Crippen LogP contribution in [0.3, 0.4) is 0 Å². The molecule has 4 heteroatoms. The first-order valence-electron chi connectivity index (χ1n) is 7.44.